The van der Waals surface area contributed by atoms with Gasteiger partial charge in [0.25, 0.3) is 0 Å². The summed E-state index contributed by atoms with van der Waals surface area (Å²) in [5.74, 6) is -0.0522. The van der Waals surface area contributed by atoms with Gasteiger partial charge in [0.2, 0.25) is 5.91 Å². The number of ether oxygens (including phenoxy) is 1. The molecule has 1 amide bonds. The molecule has 0 heterocycles. The zero-order valence-corrected chi connectivity index (χ0v) is 52.2. The maximum absolute atomic E-state index is 12.5. The molecule has 0 rings (SSSR count). The van der Waals surface area contributed by atoms with E-state index in [2.05, 4.69) is 31.3 Å². The minimum absolute atomic E-state index is 0.0102. The van der Waals surface area contributed by atoms with Crippen molar-refractivity contribution in [1.82, 2.24) is 5.32 Å². The van der Waals surface area contributed by atoms with Gasteiger partial charge in [-0.05, 0) is 57.8 Å². The van der Waals surface area contributed by atoms with E-state index in [1.54, 1.807) is 6.08 Å². The molecule has 0 saturated carbocycles. The van der Waals surface area contributed by atoms with Crippen molar-refractivity contribution in [2.24, 2.45) is 0 Å². The first kappa shape index (κ1) is 75.3. The third-order valence-corrected chi connectivity index (χ3v) is 16.5. The molecule has 0 saturated heterocycles. The summed E-state index contributed by atoms with van der Waals surface area (Å²) in [7, 11) is 0. The SMILES string of the molecule is CCCCCCCCC/C=C\CCCCCCCC(=O)OCCCCCCCCCCCCCCCCCCCCCCCCCCCCC(=O)NC(CO)C(O)/C=C/CCCCCCCCCCCCCCCCCC. The second-order valence-electron chi connectivity index (χ2n) is 24.2. The topological polar surface area (TPSA) is 95.9 Å². The van der Waals surface area contributed by atoms with Crippen molar-refractivity contribution in [2.75, 3.05) is 13.2 Å². The van der Waals surface area contributed by atoms with Gasteiger partial charge in [-0.15, -0.1) is 0 Å². The van der Waals surface area contributed by atoms with Crippen LogP contribution in [0.15, 0.2) is 24.3 Å². The number of nitrogens with one attached hydrogen (secondary N) is 1. The van der Waals surface area contributed by atoms with E-state index in [0.717, 1.165) is 44.9 Å². The molecule has 3 N–H and O–H groups in total. The summed E-state index contributed by atoms with van der Waals surface area (Å²) in [6, 6.07) is -0.626. The van der Waals surface area contributed by atoms with Crippen molar-refractivity contribution in [2.45, 2.75) is 405 Å². The number of aliphatic hydroxyl groups excluding tert-OH is 2. The number of hydrogen-bond donors (Lipinski definition) is 3. The van der Waals surface area contributed by atoms with Crippen molar-refractivity contribution in [1.29, 1.82) is 0 Å². The molecular formula is C71H137NO5. The van der Waals surface area contributed by atoms with Crippen molar-refractivity contribution in [3.05, 3.63) is 24.3 Å². The molecule has 0 aromatic carbocycles. The smallest absolute Gasteiger partial charge is 0.305 e. The Morgan fingerprint density at radius 2 is 0.610 bits per heavy atom. The van der Waals surface area contributed by atoms with Crippen LogP contribution in [0.4, 0.5) is 0 Å². The van der Waals surface area contributed by atoms with Gasteiger partial charge in [-0.2, -0.15) is 0 Å². The fourth-order valence-corrected chi connectivity index (χ4v) is 11.1. The molecule has 2 unspecified atom stereocenters. The lowest BCUT2D eigenvalue weighted by Crippen LogP contribution is -2.45. The molecule has 0 radical (unpaired) electrons. The molecule has 0 aliphatic heterocycles. The van der Waals surface area contributed by atoms with E-state index in [-0.39, 0.29) is 18.5 Å². The molecule has 0 spiro atoms. The summed E-state index contributed by atoms with van der Waals surface area (Å²) in [6.45, 7) is 4.94. The highest BCUT2D eigenvalue weighted by atomic mass is 16.5. The Hall–Kier alpha value is -1.66. The normalized spacial score (nSPS) is 12.6. The number of carbonyl (C=O) groups is 2. The van der Waals surface area contributed by atoms with Crippen LogP contribution in [0, 0.1) is 0 Å². The number of carbonyl (C=O) groups excluding carboxylic acids is 2. The van der Waals surface area contributed by atoms with Crippen LogP contribution in [0.5, 0.6) is 0 Å². The summed E-state index contributed by atoms with van der Waals surface area (Å²) in [4.78, 5) is 24.6. The highest BCUT2D eigenvalue weighted by Gasteiger charge is 2.18. The first-order valence-corrected chi connectivity index (χ1v) is 35.1. The zero-order chi connectivity index (χ0) is 55.7. The van der Waals surface area contributed by atoms with E-state index in [1.165, 1.54) is 321 Å². The molecule has 2 atom stereocenters. The molecule has 6 heteroatoms. The average Bonchev–Trinajstić information content (AvgIpc) is 3.43. The summed E-state index contributed by atoms with van der Waals surface area (Å²) in [6.07, 6.45) is 83.9. The van der Waals surface area contributed by atoms with Gasteiger partial charge in [0.15, 0.2) is 0 Å². The highest BCUT2D eigenvalue weighted by Crippen LogP contribution is 2.19. The molecule has 0 bridgehead atoms. The zero-order valence-electron chi connectivity index (χ0n) is 52.2. The lowest BCUT2D eigenvalue weighted by atomic mass is 10.0. The molecule has 0 aromatic heterocycles. The maximum atomic E-state index is 12.5. The lowest BCUT2D eigenvalue weighted by Gasteiger charge is -2.20. The van der Waals surface area contributed by atoms with Crippen molar-refractivity contribution in [3.8, 4) is 0 Å². The maximum Gasteiger partial charge on any atom is 0.305 e. The fraction of sp³-hybridized carbons (Fsp3) is 0.915. The summed E-state index contributed by atoms with van der Waals surface area (Å²) < 4.78 is 5.50. The van der Waals surface area contributed by atoms with Gasteiger partial charge in [0.1, 0.15) is 0 Å². The Labute approximate surface area is 481 Å². The van der Waals surface area contributed by atoms with Crippen LogP contribution in [0.25, 0.3) is 0 Å². The van der Waals surface area contributed by atoms with E-state index in [0.29, 0.717) is 19.4 Å². The van der Waals surface area contributed by atoms with Crippen LogP contribution < -0.4 is 5.32 Å². The van der Waals surface area contributed by atoms with Crippen LogP contribution in [0.3, 0.4) is 0 Å². The van der Waals surface area contributed by atoms with Gasteiger partial charge < -0.3 is 20.3 Å². The average molecular weight is 1080 g/mol. The summed E-state index contributed by atoms with van der Waals surface area (Å²) in [5.41, 5.74) is 0. The Bertz CT molecular complexity index is 1200. The van der Waals surface area contributed by atoms with E-state index in [1.807, 2.05) is 6.08 Å². The first-order valence-electron chi connectivity index (χ1n) is 35.1. The molecular weight excluding hydrogens is 947 g/mol. The van der Waals surface area contributed by atoms with Crippen molar-refractivity contribution >= 4 is 11.9 Å². The number of rotatable bonds is 66. The Morgan fingerprint density at radius 1 is 0.351 bits per heavy atom. The largest absolute Gasteiger partial charge is 0.466 e. The van der Waals surface area contributed by atoms with E-state index >= 15 is 0 Å². The fourth-order valence-electron chi connectivity index (χ4n) is 11.1. The highest BCUT2D eigenvalue weighted by molar-refractivity contribution is 5.76. The Morgan fingerprint density at radius 3 is 0.922 bits per heavy atom. The second-order valence-corrected chi connectivity index (χ2v) is 24.2. The third-order valence-electron chi connectivity index (χ3n) is 16.5. The number of hydrogen-bond acceptors (Lipinski definition) is 5. The van der Waals surface area contributed by atoms with Crippen molar-refractivity contribution in [3.63, 3.8) is 0 Å². The quantitative estimate of drug-likeness (QED) is 0.0320. The molecule has 0 fully saturated rings. The summed E-state index contributed by atoms with van der Waals surface area (Å²) >= 11 is 0. The van der Waals surface area contributed by atoms with Crippen LogP contribution in [0.1, 0.15) is 393 Å². The van der Waals surface area contributed by atoms with Crippen LogP contribution in [0.2, 0.25) is 0 Å². The standard InChI is InChI=1S/C71H137NO5/c1-3-5-7-9-11-13-15-17-19-21-32-35-39-43-47-51-55-59-63-69(74)68(67-73)72-70(75)64-60-56-52-48-44-40-36-33-30-28-26-24-22-23-25-27-29-31-34-38-42-46-50-54-58-62-66-77-71(76)65-61-57-53-49-45-41-37-20-18-16-14-12-10-8-6-4-2/h20,37,59,63,68-69,73-74H,3-19,21-36,38-58,60-62,64-67H2,1-2H3,(H,72,75)/b37-20-,63-59+. The predicted octanol–water partition coefficient (Wildman–Crippen LogP) is 22.5. The summed E-state index contributed by atoms with van der Waals surface area (Å²) in [5, 5.41) is 23.2. The van der Waals surface area contributed by atoms with Gasteiger partial charge in [-0.1, -0.05) is 346 Å². The minimum Gasteiger partial charge on any atom is -0.466 e. The van der Waals surface area contributed by atoms with Crippen LogP contribution in [-0.2, 0) is 14.3 Å². The lowest BCUT2D eigenvalue weighted by molar-refractivity contribution is -0.143. The second kappa shape index (κ2) is 66.8. The van der Waals surface area contributed by atoms with Crippen molar-refractivity contribution < 1.29 is 24.5 Å². The molecule has 77 heavy (non-hydrogen) atoms. The van der Waals surface area contributed by atoms with Gasteiger partial charge >= 0.3 is 5.97 Å². The van der Waals surface area contributed by atoms with Gasteiger partial charge in [0.05, 0.1) is 25.4 Å². The van der Waals surface area contributed by atoms with Crippen LogP contribution in [-0.4, -0.2) is 47.4 Å². The van der Waals surface area contributed by atoms with E-state index in [9.17, 15) is 19.8 Å². The van der Waals surface area contributed by atoms with E-state index in [4.69, 9.17) is 4.74 Å². The van der Waals surface area contributed by atoms with Gasteiger partial charge in [-0.3, -0.25) is 9.59 Å². The predicted molar refractivity (Wildman–Crippen MR) is 338 cm³/mol. The number of unbranched alkanes of at least 4 members (excludes halogenated alkanes) is 53. The minimum atomic E-state index is -0.843. The van der Waals surface area contributed by atoms with Gasteiger partial charge in [0, 0.05) is 12.8 Å². The number of amides is 1. The monoisotopic (exact) mass is 1080 g/mol. The number of aliphatic hydroxyl groups is 2. The molecule has 6 nitrogen and oxygen atoms in total. The van der Waals surface area contributed by atoms with Crippen LogP contribution >= 0.6 is 0 Å². The molecule has 0 aromatic rings. The van der Waals surface area contributed by atoms with Gasteiger partial charge in [-0.25, -0.2) is 0 Å². The Kier molecular flexibility index (Phi) is 65.4. The Balaban J connectivity index is 3.37. The number of allylic oxidation sites excluding steroid dienone is 3. The first-order chi connectivity index (χ1) is 38.0. The molecule has 0 aliphatic carbocycles. The third kappa shape index (κ3) is 63.4. The molecule has 0 aliphatic rings. The van der Waals surface area contributed by atoms with E-state index < -0.39 is 12.1 Å². The number of esters is 1. The molecule has 456 valence electrons.